The molecule has 0 aromatic carbocycles. The molecule has 2 aliphatic carbocycles. The molecule has 163 valence electrons. The van der Waals surface area contributed by atoms with Gasteiger partial charge < -0.3 is 4.74 Å². The normalized spacial score (nSPS) is 49.0. The first-order valence-electron chi connectivity index (χ1n) is 12.7. The van der Waals surface area contributed by atoms with Gasteiger partial charge in [-0.1, -0.05) is 74.7 Å². The summed E-state index contributed by atoms with van der Waals surface area (Å²) in [5.41, 5.74) is 0.891. The van der Waals surface area contributed by atoms with E-state index in [4.69, 9.17) is 4.74 Å². The van der Waals surface area contributed by atoms with Crippen molar-refractivity contribution in [1.29, 1.82) is 0 Å². The predicted molar refractivity (Wildman–Crippen MR) is 121 cm³/mol. The molecule has 1 radical (unpaired) electrons. The lowest BCUT2D eigenvalue weighted by molar-refractivity contribution is 0.0116. The van der Waals surface area contributed by atoms with Gasteiger partial charge in [0, 0.05) is 0 Å². The largest absolute Gasteiger partial charge is 0.374 e. The molecule has 0 amide bonds. The Morgan fingerprint density at radius 1 is 1.07 bits per heavy atom. The molecule has 3 fully saturated rings. The van der Waals surface area contributed by atoms with Crippen molar-refractivity contribution in [3.8, 4) is 0 Å². The van der Waals surface area contributed by atoms with E-state index in [2.05, 4.69) is 61.8 Å². The molecule has 1 aliphatic heterocycles. The summed E-state index contributed by atoms with van der Waals surface area (Å²) in [6.45, 7) is 19.7. The van der Waals surface area contributed by atoms with E-state index in [1.807, 2.05) is 0 Å². The van der Waals surface area contributed by atoms with Crippen molar-refractivity contribution in [3.63, 3.8) is 0 Å². The molecule has 0 N–H and O–H groups in total. The van der Waals surface area contributed by atoms with Gasteiger partial charge in [-0.25, -0.2) is 0 Å². The van der Waals surface area contributed by atoms with Gasteiger partial charge in [-0.15, -0.1) is 0 Å². The number of rotatable bonds is 7. The number of hydrogen-bond acceptors (Lipinski definition) is 1. The van der Waals surface area contributed by atoms with E-state index in [1.54, 1.807) is 0 Å². The third kappa shape index (κ3) is 3.83. The first-order valence-corrected chi connectivity index (χ1v) is 12.7. The van der Waals surface area contributed by atoms with Crippen LogP contribution < -0.4 is 0 Å². The van der Waals surface area contributed by atoms with Crippen LogP contribution in [0.3, 0.4) is 0 Å². The highest BCUT2D eigenvalue weighted by Gasteiger charge is 2.60. The van der Waals surface area contributed by atoms with Gasteiger partial charge in [0.15, 0.2) is 0 Å². The average molecular weight is 390 g/mol. The fraction of sp³-hybridized carbons (Fsp3) is 0.963. The molecule has 1 heteroatoms. The maximum absolute atomic E-state index is 6.77. The molecule has 1 nitrogen and oxygen atoms in total. The first-order chi connectivity index (χ1) is 13.2. The number of fused-ring (bicyclic) bond motifs is 1. The Hall–Kier alpha value is -0.0400. The molecular weight excluding hydrogens is 340 g/mol. The number of hydrogen-bond donors (Lipinski definition) is 0. The quantitative estimate of drug-likeness (QED) is 0.429. The highest BCUT2D eigenvalue weighted by atomic mass is 16.5. The van der Waals surface area contributed by atoms with E-state index in [0.717, 1.165) is 35.5 Å². The van der Waals surface area contributed by atoms with E-state index in [0.29, 0.717) is 23.0 Å². The van der Waals surface area contributed by atoms with Gasteiger partial charge in [0.05, 0.1) is 12.2 Å². The minimum atomic E-state index is 0.441. The van der Waals surface area contributed by atoms with Crippen molar-refractivity contribution in [2.24, 2.45) is 46.3 Å². The van der Waals surface area contributed by atoms with Crippen LogP contribution in [0.15, 0.2) is 0 Å². The first kappa shape index (κ1) is 22.6. The summed E-state index contributed by atoms with van der Waals surface area (Å²) < 4.78 is 6.77. The van der Waals surface area contributed by atoms with Gasteiger partial charge in [-0.2, -0.15) is 0 Å². The third-order valence-electron chi connectivity index (χ3n) is 9.94. The van der Waals surface area contributed by atoms with Crippen LogP contribution in [0.1, 0.15) is 107 Å². The van der Waals surface area contributed by atoms with Crippen LogP contribution in [0.4, 0.5) is 0 Å². The zero-order valence-corrected chi connectivity index (χ0v) is 20.3. The van der Waals surface area contributed by atoms with Crippen LogP contribution >= 0.6 is 0 Å². The number of ether oxygens (including phenoxy) is 1. The SMILES string of the molecule is CC[C@H]1CC[C@@H]([C@@H]2C[C@@H]3OC(CCC(C)C)[C@@H](C)[C@@H]3[C@@]2(C)CC)[CH][C@@]1(C)CC. The molecule has 0 aromatic heterocycles. The summed E-state index contributed by atoms with van der Waals surface area (Å²) in [5, 5.41) is 0. The van der Waals surface area contributed by atoms with Gasteiger partial charge in [0.25, 0.3) is 0 Å². The molecule has 0 aromatic rings. The maximum Gasteiger partial charge on any atom is 0.0618 e. The zero-order chi connectivity index (χ0) is 20.7. The van der Waals surface area contributed by atoms with E-state index in [1.165, 1.54) is 51.4 Å². The Labute approximate surface area is 176 Å². The van der Waals surface area contributed by atoms with Gasteiger partial charge in [0.1, 0.15) is 0 Å². The van der Waals surface area contributed by atoms with Gasteiger partial charge in [-0.05, 0) is 84.9 Å². The lowest BCUT2D eigenvalue weighted by Gasteiger charge is -2.49. The fourth-order valence-electron chi connectivity index (χ4n) is 7.81. The van der Waals surface area contributed by atoms with Gasteiger partial charge >= 0.3 is 0 Å². The topological polar surface area (TPSA) is 9.23 Å². The molecule has 9 atom stereocenters. The average Bonchev–Trinajstić information content (AvgIpc) is 3.14. The predicted octanol–water partition coefficient (Wildman–Crippen LogP) is 7.94. The Kier molecular flexibility index (Phi) is 6.96. The highest BCUT2D eigenvalue weighted by molar-refractivity contribution is 5.12. The van der Waals surface area contributed by atoms with Crippen LogP contribution in [0, 0.1) is 52.8 Å². The second-order valence-electron chi connectivity index (χ2n) is 11.6. The molecule has 0 spiro atoms. The molecule has 3 rings (SSSR count). The van der Waals surface area contributed by atoms with Crippen LogP contribution in [-0.4, -0.2) is 12.2 Å². The lowest BCUT2D eigenvalue weighted by Crippen LogP contribution is -2.42. The Morgan fingerprint density at radius 3 is 2.36 bits per heavy atom. The van der Waals surface area contributed by atoms with Crippen molar-refractivity contribution in [2.45, 2.75) is 119 Å². The van der Waals surface area contributed by atoms with E-state index in [9.17, 15) is 0 Å². The summed E-state index contributed by atoms with van der Waals surface area (Å²) in [5.74, 6) is 4.79. The smallest absolute Gasteiger partial charge is 0.0618 e. The van der Waals surface area contributed by atoms with Crippen LogP contribution in [-0.2, 0) is 4.74 Å². The monoisotopic (exact) mass is 389 g/mol. The van der Waals surface area contributed by atoms with Crippen molar-refractivity contribution in [3.05, 3.63) is 6.42 Å². The summed E-state index contributed by atoms with van der Waals surface area (Å²) in [6, 6.07) is 0. The second kappa shape index (κ2) is 8.60. The minimum Gasteiger partial charge on any atom is -0.374 e. The van der Waals surface area contributed by atoms with Crippen molar-refractivity contribution >= 4 is 0 Å². The molecule has 3 aliphatic rings. The van der Waals surface area contributed by atoms with E-state index >= 15 is 0 Å². The molecule has 2 saturated carbocycles. The molecule has 28 heavy (non-hydrogen) atoms. The van der Waals surface area contributed by atoms with E-state index in [-0.39, 0.29) is 0 Å². The van der Waals surface area contributed by atoms with Crippen molar-refractivity contribution in [1.82, 2.24) is 0 Å². The van der Waals surface area contributed by atoms with Crippen molar-refractivity contribution in [2.75, 3.05) is 0 Å². The Balaban J connectivity index is 1.75. The van der Waals surface area contributed by atoms with Gasteiger partial charge in [-0.3, -0.25) is 0 Å². The minimum absolute atomic E-state index is 0.441. The molecule has 1 heterocycles. The van der Waals surface area contributed by atoms with Crippen LogP contribution in [0.5, 0.6) is 0 Å². The maximum atomic E-state index is 6.77. The van der Waals surface area contributed by atoms with E-state index < -0.39 is 0 Å². The van der Waals surface area contributed by atoms with Gasteiger partial charge in [0.2, 0.25) is 0 Å². The highest BCUT2D eigenvalue weighted by Crippen LogP contribution is 2.63. The second-order valence-corrected chi connectivity index (χ2v) is 11.6. The summed E-state index contributed by atoms with van der Waals surface area (Å²) >= 11 is 0. The van der Waals surface area contributed by atoms with Crippen molar-refractivity contribution < 1.29 is 4.74 Å². The summed E-state index contributed by atoms with van der Waals surface area (Å²) in [6.07, 6.45) is 14.6. The zero-order valence-electron chi connectivity index (χ0n) is 20.3. The summed E-state index contributed by atoms with van der Waals surface area (Å²) in [4.78, 5) is 0. The lowest BCUT2D eigenvalue weighted by atomic mass is 9.55. The molecule has 0 bridgehead atoms. The summed E-state index contributed by atoms with van der Waals surface area (Å²) in [7, 11) is 0. The fourth-order valence-corrected chi connectivity index (χ4v) is 7.81. The van der Waals surface area contributed by atoms with Crippen LogP contribution in [0.2, 0.25) is 0 Å². The molecule has 1 unspecified atom stereocenters. The Morgan fingerprint density at radius 2 is 1.79 bits per heavy atom. The standard InChI is InChI=1S/C27H49O/c1-9-21-14-13-20(17-26(21,7)10-2)22-16-24-25(27(22,8)11-3)19(6)23(28-24)15-12-18(4)5/h17-25H,9-16H2,1-8H3/t19-,20-,21+,22+,23?,24+,25+,26-,27+/m1/s1. The molecule has 1 saturated heterocycles. The third-order valence-corrected chi connectivity index (χ3v) is 9.94. The Bertz CT molecular complexity index is 512. The molecular formula is C27H49O. The van der Waals surface area contributed by atoms with Crippen LogP contribution in [0.25, 0.3) is 0 Å².